The highest BCUT2D eigenvalue weighted by Crippen LogP contribution is 2.33. The van der Waals surface area contributed by atoms with Crippen molar-refractivity contribution >= 4 is 30.7 Å². The van der Waals surface area contributed by atoms with Gasteiger partial charge in [0.25, 0.3) is 0 Å². The number of aromatic nitrogens is 3. The Morgan fingerprint density at radius 2 is 2.35 bits per heavy atom. The van der Waals surface area contributed by atoms with Gasteiger partial charge >= 0.3 is 0 Å². The Bertz CT molecular complexity index is 738. The van der Waals surface area contributed by atoms with Gasteiger partial charge in [-0.15, -0.1) is 0 Å². The summed E-state index contributed by atoms with van der Waals surface area (Å²) in [5.41, 5.74) is -0.0480. The van der Waals surface area contributed by atoms with Crippen LogP contribution in [0.4, 0.5) is 0 Å². The second-order valence-corrected chi connectivity index (χ2v) is 5.86. The lowest BCUT2D eigenvalue weighted by molar-refractivity contribution is -0.117. The molecule has 0 aromatic carbocycles. The third kappa shape index (κ3) is 3.48. The number of carbonyl (C=O) groups is 1. The van der Waals surface area contributed by atoms with E-state index in [1.165, 1.54) is 0 Å². The third-order valence-corrected chi connectivity index (χ3v) is 4.07. The lowest BCUT2D eigenvalue weighted by Crippen LogP contribution is -2.33. The summed E-state index contributed by atoms with van der Waals surface area (Å²) < 4.78 is 0. The van der Waals surface area contributed by atoms with Crippen LogP contribution in [0.3, 0.4) is 0 Å². The normalized spacial score (nSPS) is 21.1. The van der Waals surface area contributed by atoms with Crippen LogP contribution in [-0.2, 0) is 4.79 Å². The van der Waals surface area contributed by atoms with Gasteiger partial charge in [-0.2, -0.15) is 12.6 Å². The maximum absolute atomic E-state index is 12.7. The molecule has 2 aromatic heterocycles. The summed E-state index contributed by atoms with van der Waals surface area (Å²) in [6.07, 6.45) is 15.8. The number of H-pyrrole nitrogens is 1. The predicted octanol–water partition coefficient (Wildman–Crippen LogP) is 2.83. The molecule has 5 nitrogen and oxygen atoms in total. The van der Waals surface area contributed by atoms with E-state index < -0.39 is 5.54 Å². The van der Waals surface area contributed by atoms with Crippen molar-refractivity contribution in [1.82, 2.24) is 15.0 Å². The molecule has 23 heavy (non-hydrogen) atoms. The van der Waals surface area contributed by atoms with Crippen molar-refractivity contribution in [2.24, 2.45) is 4.99 Å². The molecule has 0 radical (unpaired) electrons. The molecule has 0 saturated carbocycles. The van der Waals surface area contributed by atoms with E-state index in [1.54, 1.807) is 49.2 Å². The van der Waals surface area contributed by atoms with Gasteiger partial charge in [-0.05, 0) is 35.9 Å². The van der Waals surface area contributed by atoms with Crippen LogP contribution in [0.5, 0.6) is 0 Å². The smallest absolute Gasteiger partial charge is 0.187 e. The zero-order chi connectivity index (χ0) is 16.1. The summed E-state index contributed by atoms with van der Waals surface area (Å²) in [6, 6.07) is 3.72. The number of ketones is 1. The van der Waals surface area contributed by atoms with Crippen molar-refractivity contribution in [3.63, 3.8) is 0 Å². The Balaban J connectivity index is 1.78. The van der Waals surface area contributed by atoms with E-state index in [4.69, 9.17) is 0 Å². The number of imidazole rings is 1. The molecule has 116 valence electrons. The number of aliphatic imine (C=N–C) groups is 1. The summed E-state index contributed by atoms with van der Waals surface area (Å²) in [7, 11) is 0. The van der Waals surface area contributed by atoms with Crippen molar-refractivity contribution in [3.05, 3.63) is 66.5 Å². The van der Waals surface area contributed by atoms with Crippen molar-refractivity contribution in [3.8, 4) is 0 Å². The summed E-state index contributed by atoms with van der Waals surface area (Å²) >= 11 is 4.56. The first kappa shape index (κ1) is 15.4. The van der Waals surface area contributed by atoms with Crippen LogP contribution in [0.1, 0.15) is 23.1 Å². The Morgan fingerprint density at radius 3 is 3.00 bits per heavy atom. The molecule has 0 fully saturated rings. The molecule has 3 rings (SSSR count). The van der Waals surface area contributed by atoms with Crippen molar-refractivity contribution in [2.75, 3.05) is 0 Å². The molecule has 1 aliphatic heterocycles. The molecular formula is C17H16N4OS. The lowest BCUT2D eigenvalue weighted by atomic mass is 9.89. The van der Waals surface area contributed by atoms with E-state index in [0.29, 0.717) is 6.42 Å². The number of nitrogens with zero attached hydrogens (tertiary/aromatic N) is 3. The average molecular weight is 324 g/mol. The summed E-state index contributed by atoms with van der Waals surface area (Å²) in [6.45, 7) is 0. The third-order valence-electron chi connectivity index (χ3n) is 3.64. The largest absolute Gasteiger partial charge is 0.348 e. The second kappa shape index (κ2) is 6.75. The van der Waals surface area contributed by atoms with Crippen molar-refractivity contribution in [1.29, 1.82) is 0 Å². The highest BCUT2D eigenvalue weighted by molar-refractivity contribution is 7.80. The first-order chi connectivity index (χ1) is 11.2. The van der Waals surface area contributed by atoms with Crippen molar-refractivity contribution in [2.45, 2.75) is 17.2 Å². The van der Waals surface area contributed by atoms with Crippen molar-refractivity contribution < 1.29 is 4.79 Å². The quantitative estimate of drug-likeness (QED) is 0.634. The van der Waals surface area contributed by atoms with Gasteiger partial charge in [-0.3, -0.25) is 14.8 Å². The number of rotatable bonds is 6. The molecule has 0 amide bonds. The lowest BCUT2D eigenvalue weighted by Gasteiger charge is -2.23. The number of thiol groups is 1. The van der Waals surface area contributed by atoms with Gasteiger partial charge < -0.3 is 4.98 Å². The topological polar surface area (TPSA) is 71.0 Å². The fourth-order valence-corrected chi connectivity index (χ4v) is 2.85. The van der Waals surface area contributed by atoms with Crippen LogP contribution in [0.2, 0.25) is 0 Å². The van der Waals surface area contributed by atoms with Crippen LogP contribution in [0.25, 0.3) is 6.08 Å². The minimum absolute atomic E-state index is 0.0861. The average Bonchev–Trinajstić information content (AvgIpc) is 3.26. The molecule has 6 heteroatoms. The summed E-state index contributed by atoms with van der Waals surface area (Å²) in [5, 5.41) is -0.208. The standard InChI is InChI=1S/C17H16N4OS/c22-15(5-4-13-3-1-7-18-12-13)17(6-2-8-21-17)11-14(23)16-19-9-10-20-16/h1-10,12,14,23H,11H2,(H,19,20). The van der Waals surface area contributed by atoms with Gasteiger partial charge in [0.2, 0.25) is 0 Å². The number of hydrogen-bond acceptors (Lipinski definition) is 5. The second-order valence-electron chi connectivity index (χ2n) is 5.24. The minimum atomic E-state index is -0.919. The van der Waals surface area contributed by atoms with Gasteiger partial charge in [0.05, 0.1) is 5.25 Å². The van der Waals surface area contributed by atoms with Gasteiger partial charge in [-0.25, -0.2) is 4.98 Å². The van der Waals surface area contributed by atoms with Gasteiger partial charge in [0.1, 0.15) is 11.4 Å². The SMILES string of the molecule is O=C(C=Cc1cccnc1)C1(CC(S)c2ncc[nH]2)C=CC=N1. The summed E-state index contributed by atoms with van der Waals surface area (Å²) in [5.74, 6) is 0.643. The molecule has 2 aromatic rings. The molecule has 0 aliphatic carbocycles. The van der Waals surface area contributed by atoms with E-state index in [0.717, 1.165) is 11.4 Å². The highest BCUT2D eigenvalue weighted by atomic mass is 32.1. The summed E-state index contributed by atoms with van der Waals surface area (Å²) in [4.78, 5) is 28.3. The van der Waals surface area contributed by atoms with Gasteiger partial charge in [0, 0.05) is 37.4 Å². The van der Waals surface area contributed by atoms with Crippen LogP contribution in [0, 0.1) is 0 Å². The maximum atomic E-state index is 12.7. The predicted molar refractivity (Wildman–Crippen MR) is 93.6 cm³/mol. The maximum Gasteiger partial charge on any atom is 0.187 e. The number of allylic oxidation sites excluding steroid dienone is 1. The van der Waals surface area contributed by atoms with Gasteiger partial charge in [-0.1, -0.05) is 6.07 Å². The number of pyridine rings is 1. The zero-order valence-electron chi connectivity index (χ0n) is 12.3. The molecule has 2 unspecified atom stereocenters. The highest BCUT2D eigenvalue weighted by Gasteiger charge is 2.37. The first-order valence-corrected chi connectivity index (χ1v) is 7.74. The molecule has 1 aliphatic rings. The van der Waals surface area contributed by atoms with Gasteiger partial charge in [0.15, 0.2) is 5.78 Å². The van der Waals surface area contributed by atoms with E-state index >= 15 is 0 Å². The first-order valence-electron chi connectivity index (χ1n) is 7.22. The van der Waals surface area contributed by atoms with Crippen LogP contribution >= 0.6 is 12.6 Å². The number of hydrogen-bond donors (Lipinski definition) is 2. The molecule has 0 bridgehead atoms. The monoisotopic (exact) mass is 324 g/mol. The van der Waals surface area contributed by atoms with E-state index in [1.807, 2.05) is 18.2 Å². The Labute approximate surface area is 139 Å². The van der Waals surface area contributed by atoms with Crippen LogP contribution in [0.15, 0.2) is 60.1 Å². The van der Waals surface area contributed by atoms with E-state index in [9.17, 15) is 4.79 Å². The fraction of sp³-hybridized carbons (Fsp3) is 0.176. The molecule has 1 N–H and O–H groups in total. The molecule has 0 spiro atoms. The molecule has 0 saturated heterocycles. The van der Waals surface area contributed by atoms with E-state index in [-0.39, 0.29) is 11.0 Å². The Hall–Kier alpha value is -2.47. The molecule has 3 heterocycles. The number of aromatic amines is 1. The van der Waals surface area contributed by atoms with E-state index in [2.05, 4.69) is 32.6 Å². The Morgan fingerprint density at radius 1 is 1.43 bits per heavy atom. The molecule has 2 atom stereocenters. The van der Waals surface area contributed by atoms with Crippen LogP contribution in [-0.4, -0.2) is 32.5 Å². The number of carbonyl (C=O) groups excluding carboxylic acids is 1. The zero-order valence-corrected chi connectivity index (χ0v) is 13.2. The minimum Gasteiger partial charge on any atom is -0.348 e. The fourth-order valence-electron chi connectivity index (χ4n) is 2.43. The van der Waals surface area contributed by atoms with Crippen LogP contribution < -0.4 is 0 Å². The number of nitrogens with one attached hydrogen (secondary N) is 1. The molecular weight excluding hydrogens is 308 g/mol. The Kier molecular flexibility index (Phi) is 4.52.